The molecule has 34 heavy (non-hydrogen) atoms. The average molecular weight is 505 g/mol. The normalized spacial score (nSPS) is 26.9. The van der Waals surface area contributed by atoms with Gasteiger partial charge in [0.15, 0.2) is 0 Å². The van der Waals surface area contributed by atoms with E-state index >= 15 is 0 Å². The van der Waals surface area contributed by atoms with E-state index in [1.165, 1.54) is 25.7 Å². The number of hydrogen-bond acceptors (Lipinski definition) is 3. The van der Waals surface area contributed by atoms with Crippen molar-refractivity contribution < 1.29 is 9.59 Å². The SMILES string of the molecule is CC(C)C1CCC(N2CCC3(CC2)C(=O)N(CCN2C=CCC2=O)c2cc(Cl)c(Cl)cc23)CC1. The van der Waals surface area contributed by atoms with Gasteiger partial charge in [-0.2, -0.15) is 0 Å². The molecule has 5 rings (SSSR count). The second kappa shape index (κ2) is 9.48. The fraction of sp³-hybridized carbons (Fsp3) is 0.630. The molecule has 2 fully saturated rings. The van der Waals surface area contributed by atoms with E-state index in [1.807, 2.05) is 29.3 Å². The van der Waals surface area contributed by atoms with Crippen molar-refractivity contribution in [3.8, 4) is 0 Å². The monoisotopic (exact) mass is 503 g/mol. The Bertz CT molecular complexity index is 992. The molecule has 0 unspecified atom stereocenters. The highest BCUT2D eigenvalue weighted by Gasteiger charge is 2.52. The minimum atomic E-state index is -0.542. The fourth-order valence-corrected chi connectivity index (χ4v) is 6.95. The first-order chi connectivity index (χ1) is 16.3. The summed E-state index contributed by atoms with van der Waals surface area (Å²) in [4.78, 5) is 32.2. The molecule has 5 nitrogen and oxygen atoms in total. The lowest BCUT2D eigenvalue weighted by Crippen LogP contribution is -2.52. The highest BCUT2D eigenvalue weighted by Crippen LogP contribution is 2.50. The van der Waals surface area contributed by atoms with Crippen LogP contribution >= 0.6 is 23.2 Å². The first-order valence-electron chi connectivity index (χ1n) is 12.8. The predicted molar refractivity (Wildman–Crippen MR) is 137 cm³/mol. The number of rotatable bonds is 5. The third-order valence-corrected chi connectivity index (χ3v) is 9.54. The van der Waals surface area contributed by atoms with Crippen molar-refractivity contribution in [3.63, 3.8) is 0 Å². The minimum absolute atomic E-state index is 0.0798. The van der Waals surface area contributed by atoms with Gasteiger partial charge in [-0.1, -0.05) is 43.1 Å². The van der Waals surface area contributed by atoms with Gasteiger partial charge in [0.05, 0.1) is 15.5 Å². The Morgan fingerprint density at radius 1 is 1.00 bits per heavy atom. The van der Waals surface area contributed by atoms with E-state index < -0.39 is 5.41 Å². The maximum Gasteiger partial charge on any atom is 0.237 e. The van der Waals surface area contributed by atoms with E-state index in [2.05, 4.69) is 18.7 Å². The summed E-state index contributed by atoms with van der Waals surface area (Å²) in [5.41, 5.74) is 1.33. The predicted octanol–water partition coefficient (Wildman–Crippen LogP) is 5.63. The molecule has 1 spiro atoms. The zero-order chi connectivity index (χ0) is 24.0. The molecule has 2 amide bonds. The number of hydrogen-bond donors (Lipinski definition) is 0. The van der Waals surface area contributed by atoms with Gasteiger partial charge in [0, 0.05) is 37.4 Å². The van der Waals surface area contributed by atoms with Crippen LogP contribution in [0.15, 0.2) is 24.4 Å². The highest BCUT2D eigenvalue weighted by molar-refractivity contribution is 6.42. The van der Waals surface area contributed by atoms with Crippen molar-refractivity contribution in [1.29, 1.82) is 0 Å². The van der Waals surface area contributed by atoms with E-state index in [4.69, 9.17) is 23.2 Å². The maximum absolute atomic E-state index is 13.9. The summed E-state index contributed by atoms with van der Waals surface area (Å²) in [5, 5.41) is 0.966. The standard InChI is InChI=1S/C27H35Cl2N3O2/c1-18(2)19-5-7-20(8-6-19)30-12-9-27(10-13-30)21-16-22(28)23(29)17-24(21)32(26(27)34)15-14-31-11-3-4-25(31)33/h3,11,16-20H,4-10,12-15H2,1-2H3. The van der Waals surface area contributed by atoms with E-state index in [-0.39, 0.29) is 11.8 Å². The zero-order valence-electron chi connectivity index (χ0n) is 20.2. The Balaban J connectivity index is 1.33. The number of nitrogens with zero attached hydrogens (tertiary/aromatic N) is 3. The number of fused-ring (bicyclic) bond motifs is 2. The number of halogens is 2. The molecule has 0 N–H and O–H groups in total. The maximum atomic E-state index is 13.9. The van der Waals surface area contributed by atoms with Crippen molar-refractivity contribution >= 4 is 40.7 Å². The highest BCUT2D eigenvalue weighted by atomic mass is 35.5. The Kier molecular flexibility index (Phi) is 6.73. The molecule has 1 aromatic rings. The first-order valence-corrected chi connectivity index (χ1v) is 13.6. The summed E-state index contributed by atoms with van der Waals surface area (Å²) in [6.07, 6.45) is 10.9. The van der Waals surface area contributed by atoms with Crippen LogP contribution in [0.2, 0.25) is 10.0 Å². The van der Waals surface area contributed by atoms with Gasteiger partial charge in [0.1, 0.15) is 0 Å². The van der Waals surface area contributed by atoms with Crippen molar-refractivity contribution in [2.24, 2.45) is 11.8 Å². The van der Waals surface area contributed by atoms with Gasteiger partial charge in [-0.25, -0.2) is 0 Å². The van der Waals surface area contributed by atoms with E-state index in [9.17, 15) is 9.59 Å². The van der Waals surface area contributed by atoms with Crippen LogP contribution in [-0.4, -0.2) is 53.8 Å². The third kappa shape index (κ3) is 4.18. The summed E-state index contributed by atoms with van der Waals surface area (Å²) in [6, 6.07) is 4.40. The number of likely N-dealkylation sites (tertiary alicyclic amines) is 1. The second-order valence-corrected chi connectivity index (χ2v) is 11.7. The lowest BCUT2D eigenvalue weighted by atomic mass is 9.72. The number of amides is 2. The molecule has 3 heterocycles. The molecule has 1 aliphatic carbocycles. The van der Waals surface area contributed by atoms with Crippen LogP contribution in [0.4, 0.5) is 5.69 Å². The lowest BCUT2D eigenvalue weighted by Gasteiger charge is -2.44. The molecule has 0 aromatic heterocycles. The van der Waals surface area contributed by atoms with Crippen molar-refractivity contribution in [3.05, 3.63) is 40.0 Å². The Morgan fingerprint density at radius 3 is 2.29 bits per heavy atom. The molecule has 0 radical (unpaired) electrons. The van der Waals surface area contributed by atoms with Gasteiger partial charge in [-0.15, -0.1) is 0 Å². The molecule has 184 valence electrons. The number of anilines is 1. The van der Waals surface area contributed by atoms with Crippen LogP contribution in [0.3, 0.4) is 0 Å². The third-order valence-electron chi connectivity index (χ3n) is 8.81. The van der Waals surface area contributed by atoms with E-state index in [0.29, 0.717) is 35.6 Å². The lowest BCUT2D eigenvalue weighted by molar-refractivity contribution is -0.128. The van der Waals surface area contributed by atoms with Gasteiger partial charge in [-0.05, 0) is 81.1 Å². The molecule has 4 aliphatic rings. The Hall–Kier alpha value is -1.56. The van der Waals surface area contributed by atoms with Gasteiger partial charge in [-0.3, -0.25) is 9.59 Å². The van der Waals surface area contributed by atoms with Crippen LogP contribution in [-0.2, 0) is 15.0 Å². The van der Waals surface area contributed by atoms with E-state index in [0.717, 1.165) is 49.0 Å². The molecule has 1 saturated heterocycles. The second-order valence-electron chi connectivity index (χ2n) is 10.8. The summed E-state index contributed by atoms with van der Waals surface area (Å²) in [7, 11) is 0. The van der Waals surface area contributed by atoms with Crippen molar-refractivity contribution in [1.82, 2.24) is 9.80 Å². The molecule has 3 aliphatic heterocycles. The van der Waals surface area contributed by atoms with Gasteiger partial charge in [0.2, 0.25) is 11.8 Å². The van der Waals surface area contributed by atoms with Crippen LogP contribution in [0, 0.1) is 11.8 Å². The first kappa shape index (κ1) is 24.1. The topological polar surface area (TPSA) is 43.9 Å². The fourth-order valence-electron chi connectivity index (χ4n) is 6.62. The smallest absolute Gasteiger partial charge is 0.237 e. The number of benzene rings is 1. The average Bonchev–Trinajstić information content (AvgIpc) is 3.33. The molecular weight excluding hydrogens is 469 g/mol. The van der Waals surface area contributed by atoms with Crippen molar-refractivity contribution in [2.75, 3.05) is 31.1 Å². The van der Waals surface area contributed by atoms with Gasteiger partial charge >= 0.3 is 0 Å². The van der Waals surface area contributed by atoms with Crippen LogP contribution < -0.4 is 4.90 Å². The van der Waals surface area contributed by atoms with Crippen LogP contribution in [0.5, 0.6) is 0 Å². The summed E-state index contributed by atoms with van der Waals surface area (Å²) < 4.78 is 0. The van der Waals surface area contributed by atoms with E-state index in [1.54, 1.807) is 4.90 Å². The Morgan fingerprint density at radius 2 is 1.68 bits per heavy atom. The zero-order valence-corrected chi connectivity index (χ0v) is 21.7. The molecule has 0 atom stereocenters. The molecule has 7 heteroatoms. The summed E-state index contributed by atoms with van der Waals surface area (Å²) in [5.74, 6) is 1.84. The molecular formula is C27H35Cl2N3O2. The molecule has 0 bridgehead atoms. The van der Waals surface area contributed by atoms with Gasteiger partial charge < -0.3 is 14.7 Å². The van der Waals surface area contributed by atoms with Crippen LogP contribution in [0.1, 0.15) is 64.4 Å². The molecule has 1 saturated carbocycles. The summed E-state index contributed by atoms with van der Waals surface area (Å²) in [6.45, 7) is 7.51. The van der Waals surface area contributed by atoms with Gasteiger partial charge in [0.25, 0.3) is 0 Å². The van der Waals surface area contributed by atoms with Crippen molar-refractivity contribution in [2.45, 2.75) is 70.3 Å². The molecule has 1 aromatic carbocycles. The number of carbonyl (C=O) groups is 2. The largest absolute Gasteiger partial charge is 0.317 e. The number of piperidine rings is 1. The Labute approximate surface area is 213 Å². The summed E-state index contributed by atoms with van der Waals surface area (Å²) >= 11 is 12.8. The van der Waals surface area contributed by atoms with Crippen LogP contribution in [0.25, 0.3) is 0 Å². The number of carbonyl (C=O) groups excluding carboxylic acids is 2. The minimum Gasteiger partial charge on any atom is -0.317 e. The quantitative estimate of drug-likeness (QED) is 0.522.